The molecule has 1 N–H and O–H groups in total. The van der Waals surface area contributed by atoms with Crippen LogP contribution in [-0.4, -0.2) is 24.6 Å². The van der Waals surface area contributed by atoms with Crippen LogP contribution in [0.15, 0.2) is 70.8 Å². The van der Waals surface area contributed by atoms with Gasteiger partial charge in [0.25, 0.3) is 10.0 Å². The van der Waals surface area contributed by atoms with Crippen molar-refractivity contribution in [2.75, 3.05) is 11.0 Å². The zero-order valence-electron chi connectivity index (χ0n) is 13.8. The van der Waals surface area contributed by atoms with Gasteiger partial charge in [-0.05, 0) is 43.5 Å². The molecule has 5 nitrogen and oxygen atoms in total. The van der Waals surface area contributed by atoms with Crippen LogP contribution in [0.1, 0.15) is 5.56 Å². The number of rotatable bonds is 5. The van der Waals surface area contributed by atoms with Gasteiger partial charge >= 0.3 is 0 Å². The van der Waals surface area contributed by atoms with Crippen molar-refractivity contribution >= 4 is 27.5 Å². The molecular formula is C18H17N3O2S2. The van der Waals surface area contributed by atoms with Crippen molar-refractivity contribution in [2.24, 2.45) is 0 Å². The van der Waals surface area contributed by atoms with Gasteiger partial charge in [0.2, 0.25) is 0 Å². The van der Waals surface area contributed by atoms with Crippen LogP contribution >= 0.6 is 11.8 Å². The summed E-state index contributed by atoms with van der Waals surface area (Å²) >= 11 is 1.47. The summed E-state index contributed by atoms with van der Waals surface area (Å²) in [5.74, 6) is 0. The van der Waals surface area contributed by atoms with Gasteiger partial charge in [-0.15, -0.1) is 0 Å². The summed E-state index contributed by atoms with van der Waals surface area (Å²) in [6.07, 6.45) is 3.63. The average molecular weight is 371 g/mol. The van der Waals surface area contributed by atoms with Crippen LogP contribution in [0.4, 0.5) is 5.69 Å². The molecule has 0 radical (unpaired) electrons. The molecule has 0 atom stereocenters. The van der Waals surface area contributed by atoms with Crippen LogP contribution in [0.5, 0.6) is 0 Å². The van der Waals surface area contributed by atoms with Crippen LogP contribution in [-0.2, 0) is 10.0 Å². The van der Waals surface area contributed by atoms with Crippen molar-refractivity contribution in [2.45, 2.75) is 17.0 Å². The summed E-state index contributed by atoms with van der Waals surface area (Å²) < 4.78 is 27.4. The molecule has 25 heavy (non-hydrogen) atoms. The van der Waals surface area contributed by atoms with Gasteiger partial charge in [0, 0.05) is 17.4 Å². The van der Waals surface area contributed by atoms with Crippen molar-refractivity contribution in [1.82, 2.24) is 9.97 Å². The molecular weight excluding hydrogens is 354 g/mol. The number of thioether (sulfide) groups is 1. The van der Waals surface area contributed by atoms with Crippen molar-refractivity contribution in [3.8, 4) is 11.3 Å². The molecule has 7 heteroatoms. The predicted octanol–water partition coefficient (Wildman–Crippen LogP) is 3.97. The Morgan fingerprint density at radius 1 is 0.960 bits per heavy atom. The second-order valence-corrected chi connectivity index (χ2v) is 7.88. The van der Waals surface area contributed by atoms with Gasteiger partial charge in [-0.25, -0.2) is 18.4 Å². The first-order valence-electron chi connectivity index (χ1n) is 7.55. The summed E-state index contributed by atoms with van der Waals surface area (Å²) in [7, 11) is -3.60. The third-order valence-electron chi connectivity index (χ3n) is 3.58. The molecule has 1 aromatic heterocycles. The Bertz CT molecular complexity index is 970. The molecule has 0 aliphatic heterocycles. The van der Waals surface area contributed by atoms with Gasteiger partial charge in [0.1, 0.15) is 0 Å². The lowest BCUT2D eigenvalue weighted by Gasteiger charge is -2.09. The average Bonchev–Trinajstić information content (AvgIpc) is 2.62. The van der Waals surface area contributed by atoms with E-state index in [-0.39, 0.29) is 4.90 Å². The van der Waals surface area contributed by atoms with E-state index in [1.165, 1.54) is 11.8 Å². The lowest BCUT2D eigenvalue weighted by molar-refractivity contribution is 0.601. The molecule has 0 saturated carbocycles. The highest BCUT2D eigenvalue weighted by molar-refractivity contribution is 7.98. The predicted molar refractivity (Wildman–Crippen MR) is 101 cm³/mol. The smallest absolute Gasteiger partial charge is 0.261 e. The van der Waals surface area contributed by atoms with Crippen LogP contribution in [0.25, 0.3) is 11.3 Å². The van der Waals surface area contributed by atoms with Gasteiger partial charge in [-0.3, -0.25) is 4.72 Å². The van der Waals surface area contributed by atoms with Crippen molar-refractivity contribution in [3.63, 3.8) is 0 Å². The van der Waals surface area contributed by atoms with E-state index in [0.29, 0.717) is 10.8 Å². The van der Waals surface area contributed by atoms with E-state index in [1.807, 2.05) is 31.4 Å². The van der Waals surface area contributed by atoms with Crippen LogP contribution < -0.4 is 4.72 Å². The molecule has 0 aliphatic rings. The van der Waals surface area contributed by atoms with E-state index in [0.717, 1.165) is 16.8 Å². The van der Waals surface area contributed by atoms with E-state index < -0.39 is 10.0 Å². The Hall–Kier alpha value is -2.38. The number of aryl methyl sites for hydroxylation is 1. The second kappa shape index (κ2) is 7.25. The fraction of sp³-hybridized carbons (Fsp3) is 0.111. The fourth-order valence-electron chi connectivity index (χ4n) is 2.24. The minimum absolute atomic E-state index is 0.239. The number of nitrogens with zero attached hydrogens (tertiary/aromatic N) is 2. The number of anilines is 1. The standard InChI is InChI=1S/C18H17N3O2S2/c1-13-3-9-16(10-4-13)25(22,23)21-15-7-5-14(6-8-15)17-11-12-19-18(20-17)24-2/h3-12,21H,1-2H3. The van der Waals surface area contributed by atoms with Crippen LogP contribution in [0.3, 0.4) is 0 Å². The summed E-state index contributed by atoms with van der Waals surface area (Å²) in [5.41, 5.74) is 3.21. The van der Waals surface area contributed by atoms with Crippen molar-refractivity contribution in [1.29, 1.82) is 0 Å². The SMILES string of the molecule is CSc1nccc(-c2ccc(NS(=O)(=O)c3ccc(C)cc3)cc2)n1. The number of sulfonamides is 1. The Labute approximate surface area is 151 Å². The third-order valence-corrected chi connectivity index (χ3v) is 5.54. The first-order valence-corrected chi connectivity index (χ1v) is 10.3. The largest absolute Gasteiger partial charge is 0.280 e. The molecule has 0 spiro atoms. The zero-order chi connectivity index (χ0) is 17.9. The monoisotopic (exact) mass is 371 g/mol. The maximum atomic E-state index is 12.4. The molecule has 0 aliphatic carbocycles. The number of aromatic nitrogens is 2. The normalized spacial score (nSPS) is 11.3. The molecule has 0 amide bonds. The summed E-state index contributed by atoms with van der Waals surface area (Å²) in [6.45, 7) is 1.91. The maximum Gasteiger partial charge on any atom is 0.261 e. The summed E-state index contributed by atoms with van der Waals surface area (Å²) in [4.78, 5) is 8.82. The maximum absolute atomic E-state index is 12.4. The molecule has 0 bridgehead atoms. The van der Waals surface area contributed by atoms with Crippen LogP contribution in [0.2, 0.25) is 0 Å². The van der Waals surface area contributed by atoms with Crippen molar-refractivity contribution < 1.29 is 8.42 Å². The van der Waals surface area contributed by atoms with Crippen LogP contribution in [0, 0.1) is 6.92 Å². The van der Waals surface area contributed by atoms with E-state index in [1.54, 1.807) is 42.6 Å². The van der Waals surface area contributed by atoms with E-state index in [9.17, 15) is 8.42 Å². The van der Waals surface area contributed by atoms with E-state index >= 15 is 0 Å². The molecule has 2 aromatic carbocycles. The van der Waals surface area contributed by atoms with Gasteiger partial charge in [-0.2, -0.15) is 0 Å². The number of nitrogens with one attached hydrogen (secondary N) is 1. The first kappa shape index (κ1) is 17.4. The van der Waals surface area contributed by atoms with Gasteiger partial charge in [0.15, 0.2) is 5.16 Å². The second-order valence-electron chi connectivity index (χ2n) is 5.42. The first-order chi connectivity index (χ1) is 12.0. The highest BCUT2D eigenvalue weighted by Crippen LogP contribution is 2.22. The molecule has 0 saturated heterocycles. The fourth-order valence-corrected chi connectivity index (χ4v) is 3.65. The molecule has 0 unspecified atom stereocenters. The lowest BCUT2D eigenvalue weighted by Crippen LogP contribution is -2.12. The Balaban J connectivity index is 1.81. The molecule has 3 aromatic rings. The molecule has 1 heterocycles. The minimum atomic E-state index is -3.60. The zero-order valence-corrected chi connectivity index (χ0v) is 15.4. The van der Waals surface area contributed by atoms with Gasteiger partial charge in [-0.1, -0.05) is 41.6 Å². The lowest BCUT2D eigenvalue weighted by atomic mass is 10.1. The van der Waals surface area contributed by atoms with Gasteiger partial charge < -0.3 is 0 Å². The van der Waals surface area contributed by atoms with Gasteiger partial charge in [0.05, 0.1) is 10.6 Å². The minimum Gasteiger partial charge on any atom is -0.280 e. The molecule has 128 valence electrons. The van der Waals surface area contributed by atoms with Crippen molar-refractivity contribution in [3.05, 3.63) is 66.4 Å². The Morgan fingerprint density at radius 2 is 1.64 bits per heavy atom. The number of benzene rings is 2. The molecule has 3 rings (SSSR count). The van der Waals surface area contributed by atoms with E-state index in [2.05, 4.69) is 14.7 Å². The highest BCUT2D eigenvalue weighted by atomic mass is 32.2. The van der Waals surface area contributed by atoms with E-state index in [4.69, 9.17) is 0 Å². The number of hydrogen-bond acceptors (Lipinski definition) is 5. The Kier molecular flexibility index (Phi) is 5.06. The quantitative estimate of drug-likeness (QED) is 0.543. The third kappa shape index (κ3) is 4.18. The summed E-state index contributed by atoms with van der Waals surface area (Å²) in [5, 5.41) is 0.696. The topological polar surface area (TPSA) is 72.0 Å². The Morgan fingerprint density at radius 3 is 2.28 bits per heavy atom. The number of hydrogen-bond donors (Lipinski definition) is 1. The molecule has 0 fully saturated rings. The summed E-state index contributed by atoms with van der Waals surface area (Å²) in [6, 6.07) is 15.7. The highest BCUT2D eigenvalue weighted by Gasteiger charge is 2.13.